The molecule has 0 aliphatic heterocycles. The van der Waals surface area contributed by atoms with E-state index in [0.717, 1.165) is 24.4 Å². The van der Waals surface area contributed by atoms with E-state index >= 15 is 0 Å². The van der Waals surface area contributed by atoms with Gasteiger partial charge in [-0.15, -0.1) is 0 Å². The SMILES string of the molecule is CCC(CCN)Cc1ccc(Cl)cc1. The van der Waals surface area contributed by atoms with Gasteiger partial charge in [0.25, 0.3) is 0 Å². The third-order valence-corrected chi connectivity index (χ3v) is 2.84. The van der Waals surface area contributed by atoms with Gasteiger partial charge in [0.15, 0.2) is 0 Å². The molecular formula is C12H18ClN. The summed E-state index contributed by atoms with van der Waals surface area (Å²) in [6.45, 7) is 3.00. The smallest absolute Gasteiger partial charge is 0.0406 e. The summed E-state index contributed by atoms with van der Waals surface area (Å²) in [6, 6.07) is 8.10. The van der Waals surface area contributed by atoms with Crippen molar-refractivity contribution in [2.24, 2.45) is 11.7 Å². The molecule has 1 rings (SSSR count). The second-order valence-electron chi connectivity index (χ2n) is 3.68. The molecule has 0 aliphatic carbocycles. The van der Waals surface area contributed by atoms with Crippen molar-refractivity contribution in [2.75, 3.05) is 6.54 Å². The fraction of sp³-hybridized carbons (Fsp3) is 0.500. The number of rotatable bonds is 5. The van der Waals surface area contributed by atoms with E-state index in [0.29, 0.717) is 5.92 Å². The lowest BCUT2D eigenvalue weighted by Gasteiger charge is -2.13. The standard InChI is InChI=1S/C12H18ClN/c1-2-10(7-8-14)9-11-3-5-12(13)6-4-11/h3-6,10H,2,7-9,14H2,1H3. The fourth-order valence-electron chi connectivity index (χ4n) is 1.64. The lowest BCUT2D eigenvalue weighted by atomic mass is 9.94. The van der Waals surface area contributed by atoms with E-state index in [9.17, 15) is 0 Å². The van der Waals surface area contributed by atoms with Crippen molar-refractivity contribution in [2.45, 2.75) is 26.2 Å². The molecule has 0 radical (unpaired) electrons. The highest BCUT2D eigenvalue weighted by molar-refractivity contribution is 6.30. The molecule has 14 heavy (non-hydrogen) atoms. The first-order valence-electron chi connectivity index (χ1n) is 5.20. The maximum Gasteiger partial charge on any atom is 0.0406 e. The Hall–Kier alpha value is -0.530. The normalized spacial score (nSPS) is 12.8. The molecule has 0 saturated carbocycles. The second-order valence-corrected chi connectivity index (χ2v) is 4.12. The van der Waals surface area contributed by atoms with Gasteiger partial charge in [0.2, 0.25) is 0 Å². The van der Waals surface area contributed by atoms with E-state index in [1.54, 1.807) is 0 Å². The summed E-state index contributed by atoms with van der Waals surface area (Å²) >= 11 is 5.82. The monoisotopic (exact) mass is 211 g/mol. The highest BCUT2D eigenvalue weighted by atomic mass is 35.5. The molecule has 0 saturated heterocycles. The van der Waals surface area contributed by atoms with Gasteiger partial charge in [-0.1, -0.05) is 37.1 Å². The van der Waals surface area contributed by atoms with Gasteiger partial charge in [0.05, 0.1) is 0 Å². The summed E-state index contributed by atoms with van der Waals surface area (Å²) < 4.78 is 0. The van der Waals surface area contributed by atoms with Crippen LogP contribution >= 0.6 is 11.6 Å². The van der Waals surface area contributed by atoms with E-state index in [1.807, 2.05) is 12.1 Å². The van der Waals surface area contributed by atoms with E-state index in [1.165, 1.54) is 12.0 Å². The van der Waals surface area contributed by atoms with Crippen molar-refractivity contribution >= 4 is 11.6 Å². The third kappa shape index (κ3) is 3.69. The molecule has 1 atom stereocenters. The summed E-state index contributed by atoms with van der Waals surface area (Å²) in [5.41, 5.74) is 6.92. The van der Waals surface area contributed by atoms with Gasteiger partial charge in [0, 0.05) is 5.02 Å². The first kappa shape index (κ1) is 11.5. The Morgan fingerprint density at radius 3 is 2.43 bits per heavy atom. The van der Waals surface area contributed by atoms with Crippen molar-refractivity contribution in [3.63, 3.8) is 0 Å². The summed E-state index contributed by atoms with van der Waals surface area (Å²) in [5, 5.41) is 0.806. The van der Waals surface area contributed by atoms with Crippen molar-refractivity contribution in [1.29, 1.82) is 0 Å². The number of hydrogen-bond acceptors (Lipinski definition) is 1. The van der Waals surface area contributed by atoms with E-state index < -0.39 is 0 Å². The van der Waals surface area contributed by atoms with Crippen LogP contribution in [0.5, 0.6) is 0 Å². The van der Waals surface area contributed by atoms with Crippen molar-refractivity contribution in [1.82, 2.24) is 0 Å². The molecule has 1 aromatic carbocycles. The largest absolute Gasteiger partial charge is 0.330 e. The molecule has 0 bridgehead atoms. The maximum absolute atomic E-state index is 5.82. The minimum atomic E-state index is 0.709. The molecule has 0 fully saturated rings. The zero-order valence-electron chi connectivity index (χ0n) is 8.67. The highest BCUT2D eigenvalue weighted by Gasteiger charge is 2.05. The molecule has 1 aromatic rings. The van der Waals surface area contributed by atoms with E-state index in [-0.39, 0.29) is 0 Å². The van der Waals surface area contributed by atoms with Gasteiger partial charge in [-0.3, -0.25) is 0 Å². The van der Waals surface area contributed by atoms with Crippen molar-refractivity contribution in [3.8, 4) is 0 Å². The Labute approximate surface area is 91.3 Å². The topological polar surface area (TPSA) is 26.0 Å². The summed E-state index contributed by atoms with van der Waals surface area (Å²) in [4.78, 5) is 0. The first-order valence-corrected chi connectivity index (χ1v) is 5.58. The zero-order valence-corrected chi connectivity index (χ0v) is 9.43. The number of halogens is 1. The zero-order chi connectivity index (χ0) is 10.4. The van der Waals surface area contributed by atoms with Crippen molar-refractivity contribution < 1.29 is 0 Å². The molecule has 2 heteroatoms. The minimum Gasteiger partial charge on any atom is -0.330 e. The highest BCUT2D eigenvalue weighted by Crippen LogP contribution is 2.17. The molecule has 1 unspecified atom stereocenters. The molecular weight excluding hydrogens is 194 g/mol. The van der Waals surface area contributed by atoms with Gasteiger partial charge in [0.1, 0.15) is 0 Å². The van der Waals surface area contributed by atoms with Crippen LogP contribution in [0.15, 0.2) is 24.3 Å². The number of nitrogens with two attached hydrogens (primary N) is 1. The molecule has 0 amide bonds. The van der Waals surface area contributed by atoms with Crippen LogP contribution in [0.2, 0.25) is 5.02 Å². The quantitative estimate of drug-likeness (QED) is 0.795. The summed E-state index contributed by atoms with van der Waals surface area (Å²) in [6.07, 6.45) is 3.42. The molecule has 0 heterocycles. The van der Waals surface area contributed by atoms with Gasteiger partial charge in [-0.05, 0) is 43.0 Å². The van der Waals surface area contributed by atoms with Gasteiger partial charge >= 0.3 is 0 Å². The Balaban J connectivity index is 2.53. The average molecular weight is 212 g/mol. The van der Waals surface area contributed by atoms with Crippen molar-refractivity contribution in [3.05, 3.63) is 34.9 Å². The van der Waals surface area contributed by atoms with Crippen LogP contribution in [-0.2, 0) is 6.42 Å². The minimum absolute atomic E-state index is 0.709. The third-order valence-electron chi connectivity index (χ3n) is 2.59. The predicted molar refractivity (Wildman–Crippen MR) is 62.6 cm³/mol. The number of benzene rings is 1. The predicted octanol–water partition coefficient (Wildman–Crippen LogP) is 3.26. The van der Waals surface area contributed by atoms with Crippen LogP contribution in [0.25, 0.3) is 0 Å². The fourth-order valence-corrected chi connectivity index (χ4v) is 1.77. The summed E-state index contributed by atoms with van der Waals surface area (Å²) in [5.74, 6) is 0.709. The average Bonchev–Trinajstić information content (AvgIpc) is 2.20. The van der Waals surface area contributed by atoms with Crippen LogP contribution in [-0.4, -0.2) is 6.54 Å². The molecule has 2 N–H and O–H groups in total. The number of hydrogen-bond donors (Lipinski definition) is 1. The van der Waals surface area contributed by atoms with E-state index in [2.05, 4.69) is 19.1 Å². The summed E-state index contributed by atoms with van der Waals surface area (Å²) in [7, 11) is 0. The molecule has 0 spiro atoms. The van der Waals surface area contributed by atoms with Gasteiger partial charge in [-0.2, -0.15) is 0 Å². The lowest BCUT2D eigenvalue weighted by molar-refractivity contribution is 0.475. The molecule has 0 aliphatic rings. The Morgan fingerprint density at radius 2 is 1.93 bits per heavy atom. The van der Waals surface area contributed by atoms with E-state index in [4.69, 9.17) is 17.3 Å². The maximum atomic E-state index is 5.82. The van der Waals surface area contributed by atoms with Crippen LogP contribution in [0.4, 0.5) is 0 Å². The van der Waals surface area contributed by atoms with Crippen LogP contribution in [0, 0.1) is 5.92 Å². The van der Waals surface area contributed by atoms with Gasteiger partial charge < -0.3 is 5.73 Å². The second kappa shape index (κ2) is 6.05. The molecule has 78 valence electrons. The van der Waals surface area contributed by atoms with Crippen LogP contribution in [0.1, 0.15) is 25.3 Å². The Bertz CT molecular complexity index is 256. The van der Waals surface area contributed by atoms with Gasteiger partial charge in [-0.25, -0.2) is 0 Å². The lowest BCUT2D eigenvalue weighted by Crippen LogP contribution is -2.10. The van der Waals surface area contributed by atoms with Crippen LogP contribution in [0.3, 0.4) is 0 Å². The Kier molecular flexibility index (Phi) is 4.99. The molecule has 0 aromatic heterocycles. The Morgan fingerprint density at radius 1 is 1.29 bits per heavy atom. The first-order chi connectivity index (χ1) is 6.76. The van der Waals surface area contributed by atoms with Crippen LogP contribution < -0.4 is 5.73 Å². The molecule has 1 nitrogen and oxygen atoms in total.